The average Bonchev–Trinajstić information content (AvgIpc) is 3.46. The van der Waals surface area contributed by atoms with Crippen LogP contribution in [0.4, 0.5) is 0 Å². The van der Waals surface area contributed by atoms with Crippen LogP contribution in [-0.2, 0) is 32.1 Å². The maximum absolute atomic E-state index is 12.5. The topological polar surface area (TPSA) is 81.9 Å². The number of fused-ring (bicyclic) bond motifs is 1. The molecule has 0 saturated carbocycles. The van der Waals surface area contributed by atoms with Gasteiger partial charge in [-0.05, 0) is 30.0 Å². The molecule has 0 spiro atoms. The van der Waals surface area contributed by atoms with E-state index >= 15 is 0 Å². The smallest absolute Gasteiger partial charge is 0.370 e. The van der Waals surface area contributed by atoms with Crippen LogP contribution in [0.25, 0.3) is 20.9 Å². The molecule has 2 aromatic heterocycles. The van der Waals surface area contributed by atoms with Crippen molar-refractivity contribution in [3.63, 3.8) is 0 Å². The Balaban J connectivity index is 1.21. The first-order chi connectivity index (χ1) is 15.6. The van der Waals surface area contributed by atoms with Crippen molar-refractivity contribution in [1.29, 1.82) is 0 Å². The van der Waals surface area contributed by atoms with Crippen molar-refractivity contribution in [1.82, 2.24) is 10.0 Å². The Bertz CT molecular complexity index is 1250. The maximum atomic E-state index is 12.5. The molecule has 1 aliphatic heterocycles. The van der Waals surface area contributed by atoms with Crippen molar-refractivity contribution in [2.45, 2.75) is 26.0 Å². The van der Waals surface area contributed by atoms with Crippen LogP contribution in [0.2, 0.25) is 0 Å². The van der Waals surface area contributed by atoms with E-state index in [1.54, 1.807) is 11.3 Å². The van der Waals surface area contributed by atoms with Gasteiger partial charge in [0.25, 0.3) is 5.91 Å². The minimum atomic E-state index is -1.26. The zero-order valence-electron chi connectivity index (χ0n) is 17.3. The third kappa shape index (κ3) is 4.02. The average molecular weight is 449 g/mol. The lowest BCUT2D eigenvalue weighted by atomic mass is 10.2. The van der Waals surface area contributed by atoms with Gasteiger partial charge in [0.2, 0.25) is 12.0 Å². The van der Waals surface area contributed by atoms with Crippen LogP contribution in [0.3, 0.4) is 0 Å². The number of aryl methyl sites for hydroxylation is 1. The summed E-state index contributed by atoms with van der Waals surface area (Å²) in [6.07, 6.45) is -0.844. The van der Waals surface area contributed by atoms with E-state index in [1.165, 1.54) is 4.70 Å². The summed E-state index contributed by atoms with van der Waals surface area (Å²) in [4.78, 5) is 35.3. The lowest BCUT2D eigenvalue weighted by Gasteiger charge is -2.12. The van der Waals surface area contributed by atoms with Crippen molar-refractivity contribution in [2.24, 2.45) is 0 Å². The number of thiophene rings is 1. The summed E-state index contributed by atoms with van der Waals surface area (Å²) in [5.41, 5.74) is 1.60. The highest BCUT2D eigenvalue weighted by Crippen LogP contribution is 2.33. The minimum absolute atomic E-state index is 0.143. The number of nitrogens with zero attached hydrogens (tertiary/aromatic N) is 2. The number of hydrogen-bond acceptors (Lipinski definition) is 7. The lowest BCUT2D eigenvalue weighted by molar-refractivity contribution is -0.180. The summed E-state index contributed by atoms with van der Waals surface area (Å²) in [6.45, 7) is 2.17. The molecule has 5 rings (SSSR count). The molecule has 0 radical (unpaired) electrons. The first kappa shape index (κ1) is 20.4. The van der Waals surface area contributed by atoms with Crippen LogP contribution in [-0.4, -0.2) is 34.6 Å². The van der Waals surface area contributed by atoms with E-state index in [9.17, 15) is 9.59 Å². The molecule has 1 amide bonds. The van der Waals surface area contributed by atoms with E-state index in [1.807, 2.05) is 49.4 Å². The molecule has 3 heterocycles. The zero-order valence-corrected chi connectivity index (χ0v) is 18.1. The van der Waals surface area contributed by atoms with Gasteiger partial charge in [-0.15, -0.1) is 11.3 Å². The maximum Gasteiger partial charge on any atom is 0.370 e. The van der Waals surface area contributed by atoms with Gasteiger partial charge in [0.05, 0.1) is 23.7 Å². The van der Waals surface area contributed by atoms with Gasteiger partial charge in [-0.2, -0.15) is 5.06 Å². The summed E-state index contributed by atoms with van der Waals surface area (Å²) < 4.78 is 12.6. The standard InChI is InChI=1S/C24H20N2O5S/c1-15-18(25-22(30-15)20-13-17-9-5-6-10-19(17)32-20)11-12-29-21-23(27)26(31-24(21)28)14-16-7-3-2-4-8-16/h2-10,13,21H,11-12,14H2,1H3. The Labute approximate surface area is 188 Å². The quantitative estimate of drug-likeness (QED) is 0.392. The van der Waals surface area contributed by atoms with Gasteiger partial charge in [0.1, 0.15) is 5.76 Å². The number of rotatable bonds is 7. The van der Waals surface area contributed by atoms with Crippen LogP contribution in [0.1, 0.15) is 17.0 Å². The Morgan fingerprint density at radius 1 is 1.09 bits per heavy atom. The van der Waals surface area contributed by atoms with Crippen molar-refractivity contribution in [2.75, 3.05) is 6.61 Å². The van der Waals surface area contributed by atoms with Crippen LogP contribution in [0.5, 0.6) is 0 Å². The highest BCUT2D eigenvalue weighted by Gasteiger charge is 2.43. The van der Waals surface area contributed by atoms with Crippen LogP contribution < -0.4 is 0 Å². The number of aromatic nitrogens is 1. The van der Waals surface area contributed by atoms with E-state index < -0.39 is 18.0 Å². The van der Waals surface area contributed by atoms with Crippen LogP contribution in [0, 0.1) is 6.92 Å². The van der Waals surface area contributed by atoms with Crippen molar-refractivity contribution in [3.05, 3.63) is 77.7 Å². The Kier molecular flexibility index (Phi) is 5.46. The second-order valence-corrected chi connectivity index (χ2v) is 8.53. The van der Waals surface area contributed by atoms with Crippen LogP contribution >= 0.6 is 11.3 Å². The molecule has 1 unspecified atom stereocenters. The third-order valence-electron chi connectivity index (χ3n) is 5.21. The van der Waals surface area contributed by atoms with E-state index in [-0.39, 0.29) is 13.2 Å². The monoisotopic (exact) mass is 448 g/mol. The predicted octanol–water partition coefficient (Wildman–Crippen LogP) is 4.29. The Morgan fingerprint density at radius 2 is 1.88 bits per heavy atom. The van der Waals surface area contributed by atoms with Gasteiger partial charge in [-0.25, -0.2) is 9.78 Å². The SMILES string of the molecule is Cc1oc(-c2cc3ccccc3s2)nc1CCOC1C(=O)ON(Cc2ccccc2)C1=O. The van der Waals surface area contributed by atoms with E-state index in [0.29, 0.717) is 18.1 Å². The molecule has 8 heteroatoms. The molecule has 0 N–H and O–H groups in total. The van der Waals surface area contributed by atoms with Crippen molar-refractivity contribution >= 4 is 33.3 Å². The summed E-state index contributed by atoms with van der Waals surface area (Å²) in [5, 5.41) is 2.19. The second kappa shape index (κ2) is 8.57. The lowest BCUT2D eigenvalue weighted by Crippen LogP contribution is -2.31. The fraction of sp³-hybridized carbons (Fsp3) is 0.208. The fourth-order valence-electron chi connectivity index (χ4n) is 3.56. The number of hydrogen-bond donors (Lipinski definition) is 0. The molecule has 32 heavy (non-hydrogen) atoms. The Morgan fingerprint density at radius 3 is 2.69 bits per heavy atom. The molecular formula is C24H20N2O5S. The number of carbonyl (C=O) groups is 2. The molecule has 7 nitrogen and oxygen atoms in total. The zero-order chi connectivity index (χ0) is 22.1. The van der Waals surface area contributed by atoms with Crippen molar-refractivity contribution < 1.29 is 23.6 Å². The van der Waals surface area contributed by atoms with Gasteiger partial charge >= 0.3 is 5.97 Å². The first-order valence-corrected chi connectivity index (χ1v) is 11.0. The molecular weight excluding hydrogens is 428 g/mol. The molecule has 1 aliphatic rings. The third-order valence-corrected chi connectivity index (χ3v) is 6.31. The molecule has 2 aromatic carbocycles. The molecule has 4 aromatic rings. The first-order valence-electron chi connectivity index (χ1n) is 10.2. The van der Waals surface area contributed by atoms with Gasteiger partial charge < -0.3 is 14.0 Å². The van der Waals surface area contributed by atoms with E-state index in [0.717, 1.165) is 26.6 Å². The number of carbonyl (C=O) groups excluding carboxylic acids is 2. The molecule has 1 fully saturated rings. The highest BCUT2D eigenvalue weighted by atomic mass is 32.1. The molecule has 0 aliphatic carbocycles. The number of oxazole rings is 1. The summed E-state index contributed by atoms with van der Waals surface area (Å²) >= 11 is 1.62. The molecule has 0 bridgehead atoms. The number of ether oxygens (including phenoxy) is 1. The fourth-order valence-corrected chi connectivity index (χ4v) is 4.55. The van der Waals surface area contributed by atoms with E-state index in [4.69, 9.17) is 14.0 Å². The molecule has 1 saturated heterocycles. The Hall–Kier alpha value is -3.49. The van der Waals surface area contributed by atoms with E-state index in [2.05, 4.69) is 23.2 Å². The minimum Gasteiger partial charge on any atom is -0.440 e. The predicted molar refractivity (Wildman–Crippen MR) is 119 cm³/mol. The number of benzene rings is 2. The van der Waals surface area contributed by atoms with Crippen molar-refractivity contribution in [3.8, 4) is 10.8 Å². The molecule has 1 atom stereocenters. The second-order valence-electron chi connectivity index (χ2n) is 7.44. The van der Waals surface area contributed by atoms with Gasteiger partial charge in [-0.3, -0.25) is 4.79 Å². The van der Waals surface area contributed by atoms with Crippen LogP contribution in [0.15, 0.2) is 65.1 Å². The normalized spacial score (nSPS) is 16.2. The molecule has 162 valence electrons. The summed E-state index contributed by atoms with van der Waals surface area (Å²) in [7, 11) is 0. The largest absolute Gasteiger partial charge is 0.440 e. The van der Waals surface area contributed by atoms with Gasteiger partial charge in [0.15, 0.2) is 0 Å². The number of hydroxylamine groups is 2. The highest BCUT2D eigenvalue weighted by molar-refractivity contribution is 7.22. The summed E-state index contributed by atoms with van der Waals surface area (Å²) in [6, 6.07) is 19.5. The summed E-state index contributed by atoms with van der Waals surface area (Å²) in [5.74, 6) is 0.0478. The van der Waals surface area contributed by atoms with Gasteiger partial charge in [0, 0.05) is 11.1 Å². The number of amides is 1. The van der Waals surface area contributed by atoms with Gasteiger partial charge in [-0.1, -0.05) is 48.5 Å².